The highest BCUT2D eigenvalue weighted by molar-refractivity contribution is 5.76. The summed E-state index contributed by atoms with van der Waals surface area (Å²) >= 11 is 0. The number of hydrogen-bond donors (Lipinski definition) is 1. The van der Waals surface area contributed by atoms with E-state index >= 15 is 0 Å². The van der Waals surface area contributed by atoms with Gasteiger partial charge in [-0.1, -0.05) is 0 Å². The summed E-state index contributed by atoms with van der Waals surface area (Å²) in [7, 11) is 0. The van der Waals surface area contributed by atoms with Crippen molar-refractivity contribution in [1.82, 2.24) is 0 Å². The zero-order chi connectivity index (χ0) is 14.3. The van der Waals surface area contributed by atoms with Crippen LogP contribution in [0.25, 0.3) is 0 Å². The second-order valence-electron chi connectivity index (χ2n) is 2.53. The number of carbonyl (C=O) groups is 1. The summed E-state index contributed by atoms with van der Waals surface area (Å²) in [6.45, 7) is 0. The summed E-state index contributed by atoms with van der Waals surface area (Å²) in [5.41, 5.74) is 0. The smallest absolute Gasteiger partial charge is 0.409 e. The Balaban J connectivity index is 5.35. The van der Waals surface area contributed by atoms with Crippen molar-refractivity contribution in [2.24, 2.45) is 0 Å². The standard InChI is InChI=1S/C5HF9O3/c6-2(7,8)1(15)17-3(16,4(9,10)11)5(12,13)14/h16H. The third kappa shape index (κ3) is 3.14. The van der Waals surface area contributed by atoms with Crippen LogP contribution in [0.3, 0.4) is 0 Å². The van der Waals surface area contributed by atoms with Crippen molar-refractivity contribution in [2.45, 2.75) is 24.3 Å². The maximum atomic E-state index is 11.7. The summed E-state index contributed by atoms with van der Waals surface area (Å²) in [6, 6.07) is 0. The number of ether oxygens (including phenoxy) is 1. The predicted octanol–water partition coefficient (Wildman–Crippen LogP) is 1.91. The van der Waals surface area contributed by atoms with Crippen molar-refractivity contribution in [3.63, 3.8) is 0 Å². The summed E-state index contributed by atoms with van der Waals surface area (Å²) in [5, 5.41) is 8.02. The molecule has 0 saturated carbocycles. The van der Waals surface area contributed by atoms with Crippen LogP contribution in [0.15, 0.2) is 0 Å². The SMILES string of the molecule is O=C(OC(O)(C(F)(F)F)C(F)(F)F)C(F)(F)F. The molecule has 0 spiro atoms. The highest BCUT2D eigenvalue weighted by atomic mass is 19.4. The van der Waals surface area contributed by atoms with Gasteiger partial charge >= 0.3 is 30.3 Å². The topological polar surface area (TPSA) is 46.5 Å². The molecule has 0 heterocycles. The van der Waals surface area contributed by atoms with E-state index in [9.17, 15) is 44.3 Å². The number of alkyl halides is 9. The molecule has 0 amide bonds. The molecule has 0 rings (SSSR count). The van der Waals surface area contributed by atoms with E-state index in [0.29, 0.717) is 0 Å². The molecule has 0 aromatic rings. The molecule has 0 aromatic carbocycles. The van der Waals surface area contributed by atoms with Crippen molar-refractivity contribution in [3.05, 3.63) is 0 Å². The van der Waals surface area contributed by atoms with Gasteiger partial charge < -0.3 is 9.84 Å². The normalized spacial score (nSPS) is 14.7. The lowest BCUT2D eigenvalue weighted by molar-refractivity contribution is -0.448. The van der Waals surface area contributed by atoms with Gasteiger partial charge in [-0.2, -0.15) is 39.5 Å². The van der Waals surface area contributed by atoms with Crippen LogP contribution in [0.2, 0.25) is 0 Å². The van der Waals surface area contributed by atoms with E-state index in [1.54, 1.807) is 0 Å². The van der Waals surface area contributed by atoms with Crippen molar-refractivity contribution < 1.29 is 54.2 Å². The first kappa shape index (κ1) is 15.8. The van der Waals surface area contributed by atoms with Crippen LogP contribution in [0.5, 0.6) is 0 Å². The van der Waals surface area contributed by atoms with Crippen LogP contribution in [0, 0.1) is 0 Å². The van der Waals surface area contributed by atoms with E-state index in [2.05, 4.69) is 4.74 Å². The molecule has 0 fully saturated rings. The minimum Gasteiger partial charge on any atom is -0.409 e. The highest BCUT2D eigenvalue weighted by Crippen LogP contribution is 2.44. The van der Waals surface area contributed by atoms with Crippen LogP contribution in [-0.4, -0.2) is 35.4 Å². The van der Waals surface area contributed by atoms with Crippen molar-refractivity contribution in [2.75, 3.05) is 0 Å². The monoisotopic (exact) mass is 280 g/mol. The fourth-order valence-corrected chi connectivity index (χ4v) is 0.468. The molecule has 102 valence electrons. The summed E-state index contributed by atoms with van der Waals surface area (Å²) < 4.78 is 107. The third-order valence-electron chi connectivity index (χ3n) is 1.24. The Bertz CT molecular complexity index is 283. The van der Waals surface area contributed by atoms with Crippen molar-refractivity contribution in [3.8, 4) is 0 Å². The second kappa shape index (κ2) is 3.92. The molecule has 3 nitrogen and oxygen atoms in total. The molecule has 0 saturated heterocycles. The van der Waals surface area contributed by atoms with E-state index in [4.69, 9.17) is 5.11 Å². The first-order valence-corrected chi connectivity index (χ1v) is 3.29. The molecule has 0 aromatic heterocycles. The first-order chi connectivity index (χ1) is 7.13. The fraction of sp³-hybridized carbons (Fsp3) is 0.800. The summed E-state index contributed by atoms with van der Waals surface area (Å²) in [4.78, 5) is 9.87. The molecule has 0 bridgehead atoms. The quantitative estimate of drug-likeness (QED) is 0.453. The van der Waals surface area contributed by atoms with Gasteiger partial charge in [0.15, 0.2) is 0 Å². The minimum atomic E-state index is -6.67. The van der Waals surface area contributed by atoms with Crippen LogP contribution < -0.4 is 0 Å². The van der Waals surface area contributed by atoms with Gasteiger partial charge in [0.1, 0.15) is 0 Å². The molecular formula is C5HF9O3. The Morgan fingerprint density at radius 2 is 1.12 bits per heavy atom. The van der Waals surface area contributed by atoms with Gasteiger partial charge in [0.05, 0.1) is 0 Å². The average Bonchev–Trinajstić information content (AvgIpc) is 1.97. The molecule has 12 heteroatoms. The Labute approximate surface area is 85.8 Å². The minimum absolute atomic E-state index is 2.07. The molecule has 17 heavy (non-hydrogen) atoms. The van der Waals surface area contributed by atoms with Gasteiger partial charge in [0.2, 0.25) is 0 Å². The van der Waals surface area contributed by atoms with Gasteiger partial charge in [-0.25, -0.2) is 4.79 Å². The average molecular weight is 280 g/mol. The number of esters is 1. The maximum Gasteiger partial charge on any atom is 0.491 e. The molecule has 0 aliphatic rings. The lowest BCUT2D eigenvalue weighted by atomic mass is 10.2. The third-order valence-corrected chi connectivity index (χ3v) is 1.24. The van der Waals surface area contributed by atoms with E-state index in [1.165, 1.54) is 0 Å². The summed E-state index contributed by atoms with van der Waals surface area (Å²) in [5.74, 6) is -10.0. The van der Waals surface area contributed by atoms with Gasteiger partial charge in [-0.3, -0.25) is 0 Å². The first-order valence-electron chi connectivity index (χ1n) is 3.29. The molecular weight excluding hydrogens is 279 g/mol. The number of rotatable bonds is 1. The molecule has 0 radical (unpaired) electrons. The van der Waals surface area contributed by atoms with Gasteiger partial charge in [0.25, 0.3) is 0 Å². The zero-order valence-electron chi connectivity index (χ0n) is 7.17. The molecule has 0 aliphatic heterocycles. The predicted molar refractivity (Wildman–Crippen MR) is 29.2 cm³/mol. The lowest BCUT2D eigenvalue weighted by Crippen LogP contribution is -2.60. The molecule has 0 atom stereocenters. The van der Waals surface area contributed by atoms with Crippen molar-refractivity contribution >= 4 is 5.97 Å². The van der Waals surface area contributed by atoms with E-state index in [-0.39, 0.29) is 0 Å². The lowest BCUT2D eigenvalue weighted by Gasteiger charge is -2.31. The fourth-order valence-electron chi connectivity index (χ4n) is 0.468. The van der Waals surface area contributed by atoms with Crippen molar-refractivity contribution in [1.29, 1.82) is 0 Å². The van der Waals surface area contributed by atoms with Gasteiger partial charge in [-0.15, -0.1) is 0 Å². The second-order valence-corrected chi connectivity index (χ2v) is 2.53. The Kier molecular flexibility index (Phi) is 3.65. The molecule has 0 unspecified atom stereocenters. The van der Waals surface area contributed by atoms with Gasteiger partial charge in [0, 0.05) is 0 Å². The van der Waals surface area contributed by atoms with E-state index in [0.717, 1.165) is 0 Å². The van der Waals surface area contributed by atoms with Crippen LogP contribution in [-0.2, 0) is 9.53 Å². The zero-order valence-corrected chi connectivity index (χ0v) is 7.17. The van der Waals surface area contributed by atoms with Gasteiger partial charge in [-0.05, 0) is 0 Å². The molecule has 0 aliphatic carbocycles. The highest BCUT2D eigenvalue weighted by Gasteiger charge is 2.75. The van der Waals surface area contributed by atoms with E-state index < -0.39 is 30.3 Å². The number of hydrogen-bond acceptors (Lipinski definition) is 3. The van der Waals surface area contributed by atoms with Crippen LogP contribution >= 0.6 is 0 Å². The van der Waals surface area contributed by atoms with E-state index in [1.807, 2.05) is 0 Å². The number of halogens is 9. The Hall–Kier alpha value is -1.20. The maximum absolute atomic E-state index is 11.7. The Morgan fingerprint density at radius 3 is 1.29 bits per heavy atom. The number of aliphatic hydroxyl groups is 1. The van der Waals surface area contributed by atoms with Crippen LogP contribution in [0.4, 0.5) is 39.5 Å². The Morgan fingerprint density at radius 1 is 0.824 bits per heavy atom. The van der Waals surface area contributed by atoms with Crippen LogP contribution in [0.1, 0.15) is 0 Å². The largest absolute Gasteiger partial charge is 0.491 e. The summed E-state index contributed by atoms with van der Waals surface area (Å²) in [6.07, 6.45) is -19.5. The molecule has 1 N–H and O–H groups in total. The number of carbonyl (C=O) groups excluding carboxylic acids is 1.